The summed E-state index contributed by atoms with van der Waals surface area (Å²) in [6.45, 7) is 0. The quantitative estimate of drug-likeness (QED) is 0.518. The summed E-state index contributed by atoms with van der Waals surface area (Å²) < 4.78 is 29.0. The van der Waals surface area contributed by atoms with E-state index in [2.05, 4.69) is 7.68 Å². The van der Waals surface area contributed by atoms with Crippen molar-refractivity contribution in [2.45, 2.75) is 12.5 Å². The normalized spacial score (nSPS) is 13.6. The fourth-order valence-electron chi connectivity index (χ4n) is 0.483. The van der Waals surface area contributed by atoms with Gasteiger partial charge < -0.3 is 0 Å². The fourth-order valence-corrected chi connectivity index (χ4v) is 1.65. The summed E-state index contributed by atoms with van der Waals surface area (Å²) in [6, 6.07) is 0. The van der Waals surface area contributed by atoms with Gasteiger partial charge >= 0.3 is 75.4 Å². The van der Waals surface area contributed by atoms with Crippen LogP contribution in [0.1, 0.15) is 6.42 Å². The third kappa shape index (κ3) is 6.32. The van der Waals surface area contributed by atoms with E-state index >= 15 is 0 Å². The Labute approximate surface area is 75.8 Å². The summed E-state index contributed by atoms with van der Waals surface area (Å²) in [5, 5.41) is 16.5. The molecule has 0 heterocycles. The van der Waals surface area contributed by atoms with E-state index in [1.165, 1.54) is 0 Å². The van der Waals surface area contributed by atoms with Gasteiger partial charge in [0.05, 0.1) is 0 Å². The Bertz CT molecular complexity index is 306. The molecule has 0 saturated heterocycles. The van der Waals surface area contributed by atoms with Crippen LogP contribution >= 0.6 is 0 Å². The van der Waals surface area contributed by atoms with Gasteiger partial charge in [-0.15, -0.1) is 0 Å². The molecule has 0 bridgehead atoms. The van der Waals surface area contributed by atoms with E-state index in [4.69, 9.17) is 10.2 Å². The van der Waals surface area contributed by atoms with Crippen molar-refractivity contribution < 1.29 is 46.6 Å². The Kier molecular flexibility index (Phi) is 4.11. The van der Waals surface area contributed by atoms with Gasteiger partial charge in [-0.05, 0) is 0 Å². The molecule has 0 aromatic rings. The van der Waals surface area contributed by atoms with E-state index in [9.17, 15) is 16.4 Å². The average Bonchev–Trinajstić information content (AvgIpc) is 1.81. The number of hydrogen-bond donors (Lipinski definition) is 3. The van der Waals surface area contributed by atoms with Crippen molar-refractivity contribution in [3.05, 3.63) is 0 Å². The molecule has 0 aromatic carbocycles. The zero-order valence-corrected chi connectivity index (χ0v) is 8.21. The van der Waals surface area contributed by atoms with Gasteiger partial charge in [0.1, 0.15) is 0 Å². The summed E-state index contributed by atoms with van der Waals surface area (Å²) >= 11 is -5.49. The van der Waals surface area contributed by atoms with E-state index in [1.807, 2.05) is 0 Å². The molecule has 8 nitrogen and oxygen atoms in total. The van der Waals surface area contributed by atoms with Crippen LogP contribution in [-0.2, 0) is 36.4 Å². The first-order chi connectivity index (χ1) is 5.72. The molecule has 0 aliphatic rings. The van der Waals surface area contributed by atoms with Crippen molar-refractivity contribution in [2.24, 2.45) is 4.29 Å². The third-order valence-electron chi connectivity index (χ3n) is 0.886. The molecule has 4 N–H and O–H groups in total. The molecule has 0 aliphatic heterocycles. The van der Waals surface area contributed by atoms with Crippen molar-refractivity contribution in [3.63, 3.8) is 0 Å². The van der Waals surface area contributed by atoms with Gasteiger partial charge in [-0.2, -0.15) is 0 Å². The maximum atomic E-state index is 10.3. The van der Waals surface area contributed by atoms with Crippen LogP contribution in [-0.4, -0.2) is 28.3 Å². The Morgan fingerprint density at radius 1 is 1.38 bits per heavy atom. The van der Waals surface area contributed by atoms with Gasteiger partial charge in [-0.25, -0.2) is 0 Å². The van der Waals surface area contributed by atoms with Crippen LogP contribution in [0.2, 0.25) is 0 Å². The number of aliphatic carboxylic acids is 2. The predicted octanol–water partition coefficient (Wildman–Crippen LogP) is -1.44. The third-order valence-corrected chi connectivity index (χ3v) is 2.12. The molecule has 0 rings (SSSR count). The molecule has 1 atom stereocenters. The standard InChI is InChI=1S/C4H5O5.Mo.H2N.2O/c5-2(4(8)9)1-3(6)7;;;;/h2H,1H2,(H,6,7)(H,8,9);;1H2;;/q-1;+2;-1;;. The zero-order valence-electron chi connectivity index (χ0n) is 6.21. The number of carboxylic acids is 2. The van der Waals surface area contributed by atoms with Gasteiger partial charge in [0.15, 0.2) is 0 Å². The Morgan fingerprint density at radius 2 is 1.85 bits per heavy atom. The molecule has 0 amide bonds. The second kappa shape index (κ2) is 4.40. The number of nitrogens with two attached hydrogens (primary N) is 1. The summed E-state index contributed by atoms with van der Waals surface area (Å²) in [5.41, 5.74) is 0. The van der Waals surface area contributed by atoms with Gasteiger partial charge in [0, 0.05) is 0 Å². The summed E-state index contributed by atoms with van der Waals surface area (Å²) in [5.74, 6) is -3.17. The molecule has 1 unspecified atom stereocenters. The first kappa shape index (κ1) is 12.1. The predicted molar refractivity (Wildman–Crippen MR) is 30.3 cm³/mol. The van der Waals surface area contributed by atoms with E-state index < -0.39 is 41.1 Å². The average molecular weight is 277 g/mol. The zero-order chi connectivity index (χ0) is 10.6. The Morgan fingerprint density at radius 3 is 2.08 bits per heavy atom. The van der Waals surface area contributed by atoms with Crippen LogP contribution in [0, 0.1) is 0 Å². The van der Waals surface area contributed by atoms with Crippen LogP contribution in [0.4, 0.5) is 0 Å². The molecule has 0 fully saturated rings. The van der Waals surface area contributed by atoms with Gasteiger partial charge in [0.2, 0.25) is 0 Å². The molecule has 0 radical (unpaired) electrons. The van der Waals surface area contributed by atoms with Crippen LogP contribution in [0.15, 0.2) is 0 Å². The van der Waals surface area contributed by atoms with E-state index in [0.29, 0.717) is 0 Å². The second-order valence-electron chi connectivity index (χ2n) is 2.01. The van der Waals surface area contributed by atoms with Crippen molar-refractivity contribution in [3.8, 4) is 0 Å². The minimum absolute atomic E-state index is 0.954. The Balaban J connectivity index is 4.45. The summed E-state index contributed by atoms with van der Waals surface area (Å²) in [6.07, 6.45) is -2.90. The van der Waals surface area contributed by atoms with Gasteiger partial charge in [-0.1, -0.05) is 0 Å². The first-order valence-electron chi connectivity index (χ1n) is 2.88. The van der Waals surface area contributed by atoms with Crippen molar-refractivity contribution in [1.29, 1.82) is 0 Å². The van der Waals surface area contributed by atoms with Crippen LogP contribution < -0.4 is 4.29 Å². The molecule has 0 aliphatic carbocycles. The second-order valence-corrected chi connectivity index (χ2v) is 4.91. The monoisotopic (exact) mass is 279 g/mol. The molecule has 13 heavy (non-hydrogen) atoms. The number of rotatable bonds is 5. The van der Waals surface area contributed by atoms with E-state index in [0.717, 1.165) is 0 Å². The molecule has 76 valence electrons. The molecular formula is C4H7MoNO7. The Hall–Kier alpha value is -0.852. The molecule has 0 saturated carbocycles. The van der Waals surface area contributed by atoms with Crippen molar-refractivity contribution >= 4 is 11.9 Å². The van der Waals surface area contributed by atoms with Crippen LogP contribution in [0.3, 0.4) is 0 Å². The number of carbonyl (C=O) groups is 2. The topological polar surface area (TPSA) is 144 Å². The van der Waals surface area contributed by atoms with Crippen LogP contribution in [0.5, 0.6) is 0 Å². The summed E-state index contributed by atoms with van der Waals surface area (Å²) in [7, 11) is 0. The first-order valence-corrected chi connectivity index (χ1v) is 6.49. The summed E-state index contributed by atoms with van der Waals surface area (Å²) in [4.78, 5) is 20.3. The number of carboxylic acid groups (broad SMARTS) is 2. The SMILES string of the molecule is [NH2][Mo](=[O])(=[O])[O]C(CC(=O)O)C(=O)O. The molecular weight excluding hydrogens is 270 g/mol. The molecule has 0 aromatic heterocycles. The van der Waals surface area contributed by atoms with Gasteiger partial charge in [-0.3, -0.25) is 0 Å². The fraction of sp³-hybridized carbons (Fsp3) is 0.500. The van der Waals surface area contributed by atoms with E-state index in [-0.39, 0.29) is 0 Å². The minimum atomic E-state index is -5.49. The van der Waals surface area contributed by atoms with E-state index in [1.54, 1.807) is 0 Å². The van der Waals surface area contributed by atoms with Gasteiger partial charge in [0.25, 0.3) is 0 Å². The number of hydrogen-bond acceptors (Lipinski definition) is 5. The van der Waals surface area contributed by atoms with Crippen molar-refractivity contribution in [2.75, 3.05) is 0 Å². The molecule has 0 spiro atoms. The molecule has 9 heteroatoms. The van der Waals surface area contributed by atoms with Crippen molar-refractivity contribution in [1.82, 2.24) is 0 Å². The van der Waals surface area contributed by atoms with Crippen LogP contribution in [0.25, 0.3) is 0 Å². The maximum absolute atomic E-state index is 10.3.